The van der Waals surface area contributed by atoms with Gasteiger partial charge < -0.3 is 10.4 Å². The van der Waals surface area contributed by atoms with Crippen LogP contribution in [0.15, 0.2) is 24.3 Å². The van der Waals surface area contributed by atoms with Crippen molar-refractivity contribution in [1.29, 1.82) is 0 Å². The number of nitrogens with one attached hydrogen (secondary N) is 1. The number of carboxylic acids is 1. The second-order valence-corrected chi connectivity index (χ2v) is 5.33. The number of benzene rings is 1. The van der Waals surface area contributed by atoms with E-state index >= 15 is 0 Å². The van der Waals surface area contributed by atoms with E-state index in [1.54, 1.807) is 12.1 Å². The smallest absolute Gasteiger partial charge is 0.325 e. The summed E-state index contributed by atoms with van der Waals surface area (Å²) in [6.45, 7) is 1.43. The second-order valence-electron chi connectivity index (χ2n) is 5.33. The highest BCUT2D eigenvalue weighted by Crippen LogP contribution is 2.41. The molecule has 1 amide bonds. The van der Waals surface area contributed by atoms with Gasteiger partial charge in [0.1, 0.15) is 11.9 Å². The lowest BCUT2D eigenvalue weighted by Crippen LogP contribution is -2.48. The number of carbonyl (C=O) groups excluding carboxylic acids is 1. The summed E-state index contributed by atoms with van der Waals surface area (Å²) in [5.41, 5.74) is -0.170. The highest BCUT2D eigenvalue weighted by molar-refractivity contribution is 5.91. The molecule has 1 aliphatic rings. The molecule has 2 N–H and O–H groups in total. The van der Waals surface area contributed by atoms with Crippen LogP contribution in [-0.2, 0) is 15.0 Å². The van der Waals surface area contributed by atoms with Crippen molar-refractivity contribution >= 4 is 11.9 Å². The van der Waals surface area contributed by atoms with Gasteiger partial charge in [-0.3, -0.25) is 9.59 Å². The van der Waals surface area contributed by atoms with Gasteiger partial charge in [0.15, 0.2) is 0 Å². The van der Waals surface area contributed by atoms with Gasteiger partial charge in [0.25, 0.3) is 0 Å². The molecule has 20 heavy (non-hydrogen) atoms. The molecule has 0 spiro atoms. The summed E-state index contributed by atoms with van der Waals surface area (Å²) in [5, 5.41) is 11.4. The standard InChI is InChI=1S/C15H18FNO3/c1-10(13(18)19)17-14(20)15(7-2-3-8-15)11-5-4-6-12(16)9-11/h4-6,9-10H,2-3,7-8H2,1H3,(H,17,20)(H,18,19)/t10-/m0/s1. The van der Waals surface area contributed by atoms with E-state index in [-0.39, 0.29) is 11.7 Å². The lowest BCUT2D eigenvalue weighted by Gasteiger charge is -2.29. The van der Waals surface area contributed by atoms with Crippen LogP contribution in [0.1, 0.15) is 38.2 Å². The normalized spacial score (nSPS) is 18.5. The zero-order valence-electron chi connectivity index (χ0n) is 11.4. The predicted octanol–water partition coefficient (Wildman–Crippen LogP) is 2.23. The Morgan fingerprint density at radius 3 is 2.55 bits per heavy atom. The molecule has 0 unspecified atom stereocenters. The van der Waals surface area contributed by atoms with Gasteiger partial charge in [-0.1, -0.05) is 25.0 Å². The lowest BCUT2D eigenvalue weighted by atomic mass is 9.77. The molecule has 1 aliphatic carbocycles. The van der Waals surface area contributed by atoms with Crippen molar-refractivity contribution in [3.05, 3.63) is 35.6 Å². The first kappa shape index (κ1) is 14.5. The zero-order valence-corrected chi connectivity index (χ0v) is 11.4. The molecule has 0 saturated heterocycles. The van der Waals surface area contributed by atoms with Gasteiger partial charge in [0.2, 0.25) is 5.91 Å². The molecule has 108 valence electrons. The Morgan fingerprint density at radius 1 is 1.35 bits per heavy atom. The third-order valence-corrected chi connectivity index (χ3v) is 3.99. The minimum atomic E-state index is -1.08. The predicted molar refractivity (Wildman–Crippen MR) is 71.8 cm³/mol. The maximum atomic E-state index is 13.4. The Morgan fingerprint density at radius 2 is 2.00 bits per heavy atom. The molecule has 1 fully saturated rings. The van der Waals surface area contributed by atoms with E-state index in [4.69, 9.17) is 5.11 Å². The number of hydrogen-bond acceptors (Lipinski definition) is 2. The Labute approximate surface area is 117 Å². The molecule has 4 nitrogen and oxygen atoms in total. The zero-order chi connectivity index (χ0) is 14.8. The van der Waals surface area contributed by atoms with Gasteiger partial charge in [-0.2, -0.15) is 0 Å². The van der Waals surface area contributed by atoms with Crippen LogP contribution in [-0.4, -0.2) is 23.0 Å². The van der Waals surface area contributed by atoms with Crippen LogP contribution in [0.2, 0.25) is 0 Å². The van der Waals surface area contributed by atoms with E-state index in [1.807, 2.05) is 0 Å². The summed E-state index contributed by atoms with van der Waals surface area (Å²) in [4.78, 5) is 23.4. The number of carboxylic acid groups (broad SMARTS) is 1. The van der Waals surface area contributed by atoms with Crippen molar-refractivity contribution in [2.75, 3.05) is 0 Å². The molecular formula is C15H18FNO3. The number of hydrogen-bond donors (Lipinski definition) is 2. The summed E-state index contributed by atoms with van der Waals surface area (Å²) < 4.78 is 13.4. The third kappa shape index (κ3) is 2.66. The van der Waals surface area contributed by atoms with Crippen molar-refractivity contribution in [2.24, 2.45) is 0 Å². The van der Waals surface area contributed by atoms with E-state index in [9.17, 15) is 14.0 Å². The third-order valence-electron chi connectivity index (χ3n) is 3.99. The van der Waals surface area contributed by atoms with Gasteiger partial charge in [-0.25, -0.2) is 4.39 Å². The van der Waals surface area contributed by atoms with Crippen molar-refractivity contribution < 1.29 is 19.1 Å². The van der Waals surface area contributed by atoms with Crippen LogP contribution in [0.5, 0.6) is 0 Å². The molecular weight excluding hydrogens is 261 g/mol. The molecule has 0 aliphatic heterocycles. The summed E-state index contributed by atoms with van der Waals surface area (Å²) in [6, 6.07) is 5.08. The van der Waals surface area contributed by atoms with Crippen molar-refractivity contribution in [3.63, 3.8) is 0 Å². The minimum absolute atomic E-state index is 0.324. The quantitative estimate of drug-likeness (QED) is 0.888. The maximum Gasteiger partial charge on any atom is 0.325 e. The topological polar surface area (TPSA) is 66.4 Å². The summed E-state index contributed by atoms with van der Waals surface area (Å²) in [6.07, 6.45) is 3.00. The Kier molecular flexibility index (Phi) is 4.06. The fraction of sp³-hybridized carbons (Fsp3) is 0.467. The Bertz CT molecular complexity index is 524. The average Bonchev–Trinajstić information content (AvgIpc) is 2.89. The van der Waals surface area contributed by atoms with Crippen molar-refractivity contribution in [1.82, 2.24) is 5.32 Å². The molecule has 1 aromatic carbocycles. The van der Waals surface area contributed by atoms with E-state index in [0.717, 1.165) is 12.8 Å². The SMILES string of the molecule is C[C@H](NC(=O)C1(c2cccc(F)c2)CCCC1)C(=O)O. The number of amides is 1. The molecule has 0 heterocycles. The molecule has 1 saturated carbocycles. The fourth-order valence-corrected chi connectivity index (χ4v) is 2.81. The van der Waals surface area contributed by atoms with Crippen molar-refractivity contribution in [2.45, 2.75) is 44.1 Å². The molecule has 0 aromatic heterocycles. The van der Waals surface area contributed by atoms with Crippen LogP contribution in [0, 0.1) is 5.82 Å². The summed E-state index contributed by atoms with van der Waals surface area (Å²) in [7, 11) is 0. The van der Waals surface area contributed by atoms with Gasteiger partial charge in [0, 0.05) is 0 Å². The monoisotopic (exact) mass is 279 g/mol. The first-order valence-electron chi connectivity index (χ1n) is 6.75. The maximum absolute atomic E-state index is 13.4. The van der Waals surface area contributed by atoms with E-state index in [0.29, 0.717) is 18.4 Å². The second kappa shape index (κ2) is 5.61. The van der Waals surface area contributed by atoms with Gasteiger partial charge in [0.05, 0.1) is 5.41 Å². The number of rotatable bonds is 4. The first-order chi connectivity index (χ1) is 9.45. The number of aliphatic carboxylic acids is 1. The molecule has 2 rings (SSSR count). The van der Waals surface area contributed by atoms with E-state index in [1.165, 1.54) is 19.1 Å². The molecule has 5 heteroatoms. The van der Waals surface area contributed by atoms with Crippen molar-refractivity contribution in [3.8, 4) is 0 Å². The van der Waals surface area contributed by atoms with Crippen LogP contribution in [0.25, 0.3) is 0 Å². The summed E-state index contributed by atoms with van der Waals surface area (Å²) >= 11 is 0. The highest BCUT2D eigenvalue weighted by atomic mass is 19.1. The van der Waals surface area contributed by atoms with E-state index < -0.39 is 17.4 Å². The number of halogens is 1. The highest BCUT2D eigenvalue weighted by Gasteiger charge is 2.43. The lowest BCUT2D eigenvalue weighted by molar-refractivity contribution is -0.142. The van der Waals surface area contributed by atoms with E-state index in [2.05, 4.69) is 5.32 Å². The molecule has 1 aromatic rings. The molecule has 0 bridgehead atoms. The van der Waals surface area contributed by atoms with Crippen LogP contribution < -0.4 is 5.32 Å². The first-order valence-corrected chi connectivity index (χ1v) is 6.75. The van der Waals surface area contributed by atoms with Crippen LogP contribution >= 0.6 is 0 Å². The molecule has 1 atom stereocenters. The van der Waals surface area contributed by atoms with Crippen LogP contribution in [0.4, 0.5) is 4.39 Å². The fourth-order valence-electron chi connectivity index (χ4n) is 2.81. The Hall–Kier alpha value is -1.91. The van der Waals surface area contributed by atoms with Gasteiger partial charge in [-0.15, -0.1) is 0 Å². The minimum Gasteiger partial charge on any atom is -0.480 e. The van der Waals surface area contributed by atoms with Gasteiger partial charge in [-0.05, 0) is 37.5 Å². The summed E-state index contributed by atoms with van der Waals surface area (Å²) in [5.74, 6) is -1.78. The Balaban J connectivity index is 2.30. The number of carbonyl (C=O) groups is 2. The average molecular weight is 279 g/mol. The molecule has 0 radical (unpaired) electrons. The van der Waals surface area contributed by atoms with Crippen LogP contribution in [0.3, 0.4) is 0 Å². The van der Waals surface area contributed by atoms with Gasteiger partial charge >= 0.3 is 5.97 Å². The largest absolute Gasteiger partial charge is 0.480 e.